The average Bonchev–Trinajstić information content (AvgIpc) is 2.19. The van der Waals surface area contributed by atoms with E-state index in [9.17, 15) is 4.79 Å². The van der Waals surface area contributed by atoms with Crippen LogP contribution >= 0.6 is 0 Å². The fraction of sp³-hybridized carbons (Fsp3) is 0.333. The number of ether oxygens (including phenoxy) is 1. The first-order valence-corrected chi connectivity index (χ1v) is 4.82. The van der Waals surface area contributed by atoms with Crippen LogP contribution in [0.15, 0.2) is 30.3 Å². The lowest BCUT2D eigenvalue weighted by molar-refractivity contribution is -0.144. The molecule has 0 saturated carbocycles. The van der Waals surface area contributed by atoms with E-state index in [0.29, 0.717) is 6.42 Å². The second-order valence-corrected chi connectivity index (χ2v) is 3.10. The highest BCUT2D eigenvalue weighted by atomic mass is 16.5. The molecule has 0 spiro atoms. The minimum atomic E-state index is -0.246. The molecule has 0 fully saturated rings. The number of carbonyl (C=O) groups excluding carboxylic acids is 1. The molecule has 1 atom stereocenters. The van der Waals surface area contributed by atoms with Gasteiger partial charge in [-0.1, -0.05) is 37.3 Å². The molecule has 0 aliphatic rings. The van der Waals surface area contributed by atoms with Crippen molar-refractivity contribution >= 4 is 5.97 Å². The molecule has 14 heavy (non-hydrogen) atoms. The lowest BCUT2D eigenvalue weighted by Gasteiger charge is -2.12. The van der Waals surface area contributed by atoms with Crippen molar-refractivity contribution in [3.8, 4) is 0 Å². The molecule has 1 aromatic rings. The molecule has 0 heterocycles. The van der Waals surface area contributed by atoms with Crippen molar-refractivity contribution < 1.29 is 9.53 Å². The number of hydrogen-bond donors (Lipinski definition) is 0. The highest BCUT2D eigenvalue weighted by Gasteiger charge is 2.09. The molecule has 0 aromatic heterocycles. The maximum Gasteiger partial charge on any atom is 0.310 e. The molecule has 0 bridgehead atoms. The normalized spacial score (nSPS) is 12.1. The zero-order valence-electron chi connectivity index (χ0n) is 8.57. The number of benzene rings is 1. The third-order valence-corrected chi connectivity index (χ3v) is 1.93. The van der Waals surface area contributed by atoms with Crippen LogP contribution in [0.25, 0.3) is 0 Å². The van der Waals surface area contributed by atoms with E-state index >= 15 is 0 Å². The molecule has 0 aliphatic carbocycles. The zero-order valence-corrected chi connectivity index (χ0v) is 8.57. The van der Waals surface area contributed by atoms with Crippen LogP contribution in [-0.4, -0.2) is 5.97 Å². The minimum absolute atomic E-state index is 0.175. The van der Waals surface area contributed by atoms with E-state index in [1.54, 1.807) is 6.42 Å². The number of carbonyl (C=O) groups is 1. The molecule has 1 radical (unpaired) electrons. The Hall–Kier alpha value is -1.31. The quantitative estimate of drug-likeness (QED) is 0.684. The van der Waals surface area contributed by atoms with Gasteiger partial charge >= 0.3 is 5.97 Å². The number of hydrogen-bond acceptors (Lipinski definition) is 2. The zero-order chi connectivity index (χ0) is 10.4. The highest BCUT2D eigenvalue weighted by molar-refractivity contribution is 5.78. The number of rotatable bonds is 4. The van der Waals surface area contributed by atoms with Crippen molar-refractivity contribution in [2.75, 3.05) is 0 Å². The van der Waals surface area contributed by atoms with Crippen molar-refractivity contribution in [3.63, 3.8) is 0 Å². The topological polar surface area (TPSA) is 26.3 Å². The SMILES string of the molecule is CC[CH]C(=O)OC(C)c1ccccc1. The Morgan fingerprint density at radius 1 is 1.43 bits per heavy atom. The molecule has 1 aromatic carbocycles. The van der Waals surface area contributed by atoms with Crippen LogP contribution in [0.3, 0.4) is 0 Å². The fourth-order valence-electron chi connectivity index (χ4n) is 1.18. The summed E-state index contributed by atoms with van der Waals surface area (Å²) in [5.41, 5.74) is 1.02. The smallest absolute Gasteiger partial charge is 0.310 e. The predicted octanol–water partition coefficient (Wildman–Crippen LogP) is 2.91. The van der Waals surface area contributed by atoms with Gasteiger partial charge in [0, 0.05) is 0 Å². The summed E-state index contributed by atoms with van der Waals surface area (Å²) in [5, 5.41) is 0. The first-order chi connectivity index (χ1) is 6.74. The molecular formula is C12H15O2. The Bertz CT molecular complexity index is 280. The highest BCUT2D eigenvalue weighted by Crippen LogP contribution is 2.16. The first kappa shape index (κ1) is 10.8. The van der Waals surface area contributed by atoms with E-state index in [-0.39, 0.29) is 12.1 Å². The molecule has 1 unspecified atom stereocenters. The van der Waals surface area contributed by atoms with Gasteiger partial charge in [0.1, 0.15) is 6.10 Å². The lowest BCUT2D eigenvalue weighted by Crippen LogP contribution is -2.08. The van der Waals surface area contributed by atoms with Gasteiger partial charge in [0.2, 0.25) is 0 Å². The summed E-state index contributed by atoms with van der Waals surface area (Å²) in [5.74, 6) is -0.246. The molecular weight excluding hydrogens is 176 g/mol. The van der Waals surface area contributed by atoms with E-state index < -0.39 is 0 Å². The maximum absolute atomic E-state index is 11.1. The monoisotopic (exact) mass is 191 g/mol. The van der Waals surface area contributed by atoms with Crippen LogP contribution in [-0.2, 0) is 9.53 Å². The maximum atomic E-state index is 11.1. The van der Waals surface area contributed by atoms with Crippen molar-refractivity contribution in [2.24, 2.45) is 0 Å². The van der Waals surface area contributed by atoms with E-state index in [0.717, 1.165) is 5.56 Å². The van der Waals surface area contributed by atoms with Gasteiger partial charge in [-0.15, -0.1) is 0 Å². The molecule has 0 N–H and O–H groups in total. The van der Waals surface area contributed by atoms with Gasteiger partial charge in [0.05, 0.1) is 6.42 Å². The third-order valence-electron chi connectivity index (χ3n) is 1.93. The van der Waals surface area contributed by atoms with E-state index in [1.165, 1.54) is 0 Å². The van der Waals surface area contributed by atoms with Gasteiger partial charge in [-0.3, -0.25) is 4.79 Å². The minimum Gasteiger partial charge on any atom is -0.458 e. The molecule has 1 rings (SSSR count). The van der Waals surface area contributed by atoms with Crippen LogP contribution < -0.4 is 0 Å². The van der Waals surface area contributed by atoms with Gasteiger partial charge < -0.3 is 4.74 Å². The van der Waals surface area contributed by atoms with Gasteiger partial charge in [-0.2, -0.15) is 0 Å². The summed E-state index contributed by atoms with van der Waals surface area (Å²) >= 11 is 0. The molecule has 2 nitrogen and oxygen atoms in total. The van der Waals surface area contributed by atoms with Crippen LogP contribution in [0.4, 0.5) is 0 Å². The first-order valence-electron chi connectivity index (χ1n) is 4.82. The second-order valence-electron chi connectivity index (χ2n) is 3.10. The summed E-state index contributed by atoms with van der Waals surface area (Å²) in [6.45, 7) is 3.78. The molecule has 0 amide bonds. The summed E-state index contributed by atoms with van der Waals surface area (Å²) in [6.07, 6.45) is 2.08. The Balaban J connectivity index is 2.50. The molecule has 75 valence electrons. The Morgan fingerprint density at radius 2 is 2.07 bits per heavy atom. The fourth-order valence-corrected chi connectivity index (χ4v) is 1.18. The van der Waals surface area contributed by atoms with Crippen LogP contribution in [0.1, 0.15) is 31.9 Å². The van der Waals surface area contributed by atoms with Crippen molar-refractivity contribution in [1.82, 2.24) is 0 Å². The van der Waals surface area contributed by atoms with Crippen molar-refractivity contribution in [3.05, 3.63) is 42.3 Å². The molecule has 2 heteroatoms. The Morgan fingerprint density at radius 3 is 2.64 bits per heavy atom. The predicted molar refractivity (Wildman–Crippen MR) is 55.5 cm³/mol. The lowest BCUT2D eigenvalue weighted by atomic mass is 10.1. The summed E-state index contributed by atoms with van der Waals surface area (Å²) in [6, 6.07) is 9.70. The van der Waals surface area contributed by atoms with Crippen LogP contribution in [0.2, 0.25) is 0 Å². The van der Waals surface area contributed by atoms with E-state index in [2.05, 4.69) is 0 Å². The summed E-state index contributed by atoms with van der Waals surface area (Å²) < 4.78 is 5.18. The largest absolute Gasteiger partial charge is 0.458 e. The van der Waals surface area contributed by atoms with Gasteiger partial charge in [0.25, 0.3) is 0 Å². The van der Waals surface area contributed by atoms with Gasteiger partial charge in [-0.25, -0.2) is 0 Å². The summed E-state index contributed by atoms with van der Waals surface area (Å²) in [7, 11) is 0. The van der Waals surface area contributed by atoms with Crippen LogP contribution in [0.5, 0.6) is 0 Å². The van der Waals surface area contributed by atoms with E-state index in [4.69, 9.17) is 4.74 Å². The standard InChI is InChI=1S/C12H15O2/c1-3-7-12(13)14-10(2)11-8-5-4-6-9-11/h4-10H,3H2,1-2H3. The van der Waals surface area contributed by atoms with E-state index in [1.807, 2.05) is 44.2 Å². The van der Waals surface area contributed by atoms with Gasteiger partial charge in [0.15, 0.2) is 0 Å². The van der Waals surface area contributed by atoms with Gasteiger partial charge in [-0.05, 0) is 18.9 Å². The Labute approximate surface area is 84.9 Å². The average molecular weight is 191 g/mol. The number of esters is 1. The van der Waals surface area contributed by atoms with Crippen LogP contribution in [0, 0.1) is 6.42 Å². The third kappa shape index (κ3) is 3.21. The van der Waals surface area contributed by atoms with Crippen molar-refractivity contribution in [1.29, 1.82) is 0 Å². The Kier molecular flexibility index (Phi) is 4.17. The second kappa shape index (κ2) is 5.43. The van der Waals surface area contributed by atoms with Crippen molar-refractivity contribution in [2.45, 2.75) is 26.4 Å². The molecule has 0 saturated heterocycles. The summed E-state index contributed by atoms with van der Waals surface area (Å²) in [4.78, 5) is 11.1. The molecule has 0 aliphatic heterocycles.